The van der Waals surface area contributed by atoms with Crippen molar-refractivity contribution in [3.05, 3.63) is 64.0 Å². The minimum atomic E-state index is -4.01. The van der Waals surface area contributed by atoms with Gasteiger partial charge in [-0.3, -0.25) is 9.59 Å². The zero-order valence-corrected chi connectivity index (χ0v) is 17.7. The molecule has 0 atom stereocenters. The first-order chi connectivity index (χ1) is 14.4. The number of carbonyl (C=O) groups is 2. The molecule has 0 saturated carbocycles. The molecule has 2 amide bonds. The molecule has 3 aromatic rings. The smallest absolute Gasteiger partial charge is 0.269 e. The van der Waals surface area contributed by atoms with E-state index in [4.69, 9.17) is 0 Å². The molecule has 0 N–H and O–H groups in total. The molecular weight excluding hydrogens is 422 g/mol. The molecular formula is C21H17N3O4S2. The fraction of sp³-hybridized carbons (Fsp3) is 0.190. The third-order valence-electron chi connectivity index (χ3n) is 5.38. The third kappa shape index (κ3) is 2.85. The van der Waals surface area contributed by atoms with Gasteiger partial charge in [-0.05, 0) is 43.2 Å². The lowest BCUT2D eigenvalue weighted by atomic mass is 10.1. The Bertz CT molecular complexity index is 1310. The second-order valence-electron chi connectivity index (χ2n) is 7.20. The number of sulfonamides is 1. The lowest BCUT2D eigenvalue weighted by molar-refractivity contribution is -0.118. The van der Waals surface area contributed by atoms with E-state index < -0.39 is 28.4 Å². The molecule has 9 heteroatoms. The van der Waals surface area contributed by atoms with Crippen molar-refractivity contribution in [2.75, 3.05) is 18.0 Å². The van der Waals surface area contributed by atoms with Crippen molar-refractivity contribution >= 4 is 38.9 Å². The van der Waals surface area contributed by atoms with E-state index in [0.717, 1.165) is 27.5 Å². The van der Waals surface area contributed by atoms with Gasteiger partial charge in [0.2, 0.25) is 5.91 Å². The van der Waals surface area contributed by atoms with Crippen LogP contribution in [0.1, 0.15) is 20.9 Å². The molecule has 3 heterocycles. The highest BCUT2D eigenvalue weighted by molar-refractivity contribution is 7.90. The summed E-state index contributed by atoms with van der Waals surface area (Å²) in [6, 6.07) is 11.8. The molecule has 7 nitrogen and oxygen atoms in total. The highest BCUT2D eigenvalue weighted by Gasteiger charge is 2.42. The summed E-state index contributed by atoms with van der Waals surface area (Å²) >= 11 is 1.58. The van der Waals surface area contributed by atoms with E-state index in [9.17, 15) is 18.0 Å². The Morgan fingerprint density at radius 3 is 2.73 bits per heavy atom. The largest absolute Gasteiger partial charge is 0.310 e. The van der Waals surface area contributed by atoms with Gasteiger partial charge in [0, 0.05) is 23.2 Å². The minimum Gasteiger partial charge on any atom is -0.310 e. The van der Waals surface area contributed by atoms with Crippen LogP contribution in [0.5, 0.6) is 0 Å². The Balaban J connectivity index is 1.40. The monoisotopic (exact) mass is 439 g/mol. The van der Waals surface area contributed by atoms with Crippen LogP contribution in [0.2, 0.25) is 0 Å². The lowest BCUT2D eigenvalue weighted by Crippen LogP contribution is -2.42. The fourth-order valence-corrected chi connectivity index (χ4v) is 6.05. The number of hydrogen-bond acceptors (Lipinski definition) is 6. The van der Waals surface area contributed by atoms with Gasteiger partial charge in [0.1, 0.15) is 11.4 Å². The molecule has 0 bridgehead atoms. The SMILES string of the molecule is Cc1nc(-c2ccc3c(c2)CCN3C(=O)CN2C(=O)c3ccccc3S2(=O)=O)cs1. The first-order valence-electron chi connectivity index (χ1n) is 9.38. The normalized spacial score (nSPS) is 16.6. The first-order valence-corrected chi connectivity index (χ1v) is 11.7. The molecule has 2 aliphatic heterocycles. The number of hydrogen-bond donors (Lipinski definition) is 0. The van der Waals surface area contributed by atoms with Gasteiger partial charge in [-0.15, -0.1) is 11.3 Å². The van der Waals surface area contributed by atoms with Gasteiger partial charge in [-0.1, -0.05) is 18.2 Å². The van der Waals surface area contributed by atoms with Crippen LogP contribution in [0, 0.1) is 6.92 Å². The number of benzene rings is 2. The van der Waals surface area contributed by atoms with Crippen molar-refractivity contribution in [1.29, 1.82) is 0 Å². The topological polar surface area (TPSA) is 87.7 Å². The molecule has 152 valence electrons. The molecule has 0 aliphatic carbocycles. The van der Waals surface area contributed by atoms with Crippen LogP contribution in [-0.4, -0.2) is 42.6 Å². The third-order valence-corrected chi connectivity index (χ3v) is 7.94. The number of fused-ring (bicyclic) bond motifs is 2. The molecule has 1 aromatic heterocycles. The maximum absolute atomic E-state index is 13.0. The van der Waals surface area contributed by atoms with Crippen molar-refractivity contribution in [1.82, 2.24) is 9.29 Å². The number of carbonyl (C=O) groups excluding carboxylic acids is 2. The second kappa shape index (κ2) is 6.75. The summed E-state index contributed by atoms with van der Waals surface area (Å²) < 4.78 is 26.1. The number of nitrogens with zero attached hydrogens (tertiary/aromatic N) is 3. The van der Waals surface area contributed by atoms with E-state index in [1.54, 1.807) is 28.4 Å². The van der Waals surface area contributed by atoms with Crippen LogP contribution in [0.4, 0.5) is 5.69 Å². The van der Waals surface area contributed by atoms with Crippen LogP contribution in [0.15, 0.2) is 52.7 Å². The van der Waals surface area contributed by atoms with Crippen LogP contribution in [0.3, 0.4) is 0 Å². The van der Waals surface area contributed by atoms with Gasteiger partial charge in [0.15, 0.2) is 0 Å². The highest BCUT2D eigenvalue weighted by Crippen LogP contribution is 2.34. The van der Waals surface area contributed by atoms with Crippen molar-refractivity contribution < 1.29 is 18.0 Å². The molecule has 2 aliphatic rings. The molecule has 30 heavy (non-hydrogen) atoms. The van der Waals surface area contributed by atoms with Crippen molar-refractivity contribution in [2.24, 2.45) is 0 Å². The summed E-state index contributed by atoms with van der Waals surface area (Å²) in [6.07, 6.45) is 0.666. The Hall–Kier alpha value is -3.04. The summed E-state index contributed by atoms with van der Waals surface area (Å²) in [5.74, 6) is -1.08. The number of amides is 2. The quantitative estimate of drug-likeness (QED) is 0.626. The van der Waals surface area contributed by atoms with E-state index in [1.165, 1.54) is 12.1 Å². The van der Waals surface area contributed by atoms with E-state index in [2.05, 4.69) is 4.98 Å². The molecule has 5 rings (SSSR count). The molecule has 0 spiro atoms. The summed E-state index contributed by atoms with van der Waals surface area (Å²) in [7, 11) is -4.01. The molecule has 0 unspecified atom stereocenters. The zero-order valence-electron chi connectivity index (χ0n) is 16.0. The average Bonchev–Trinajstić information content (AvgIpc) is 3.40. The minimum absolute atomic E-state index is 0.0483. The maximum Gasteiger partial charge on any atom is 0.269 e. The van der Waals surface area contributed by atoms with E-state index in [0.29, 0.717) is 17.3 Å². The highest BCUT2D eigenvalue weighted by atomic mass is 32.2. The number of aryl methyl sites for hydroxylation is 1. The van der Waals surface area contributed by atoms with Crippen LogP contribution >= 0.6 is 11.3 Å². The van der Waals surface area contributed by atoms with E-state index in [-0.39, 0.29) is 10.5 Å². The number of rotatable bonds is 3. The van der Waals surface area contributed by atoms with Gasteiger partial charge in [0.05, 0.1) is 16.3 Å². The Morgan fingerprint density at radius 2 is 2.00 bits per heavy atom. The van der Waals surface area contributed by atoms with Crippen molar-refractivity contribution in [3.63, 3.8) is 0 Å². The molecule has 0 fully saturated rings. The van der Waals surface area contributed by atoms with E-state index in [1.807, 2.05) is 30.5 Å². The fourth-order valence-electron chi connectivity index (χ4n) is 3.91. The molecule has 2 aromatic carbocycles. The van der Waals surface area contributed by atoms with Crippen LogP contribution in [0.25, 0.3) is 11.3 Å². The number of aromatic nitrogens is 1. The lowest BCUT2D eigenvalue weighted by Gasteiger charge is -2.21. The predicted octanol–water partition coefficient (Wildman–Crippen LogP) is 2.85. The Morgan fingerprint density at radius 1 is 1.20 bits per heavy atom. The van der Waals surface area contributed by atoms with Gasteiger partial charge in [0.25, 0.3) is 15.9 Å². The van der Waals surface area contributed by atoms with Crippen molar-refractivity contribution in [3.8, 4) is 11.3 Å². The molecule has 0 radical (unpaired) electrons. The summed E-state index contributed by atoms with van der Waals surface area (Å²) in [4.78, 5) is 31.6. The van der Waals surface area contributed by atoms with Crippen LogP contribution < -0.4 is 4.90 Å². The van der Waals surface area contributed by atoms with Gasteiger partial charge in [-0.25, -0.2) is 17.7 Å². The Kier molecular flexibility index (Phi) is 4.26. The standard InChI is InChI=1S/C21H17N3O4S2/c1-13-22-17(12-29-13)14-6-7-18-15(10-14)8-9-23(18)20(25)11-24-21(26)16-4-2-3-5-19(16)30(24,27)28/h2-7,10,12H,8-9,11H2,1H3. The number of thiazole rings is 1. The van der Waals surface area contributed by atoms with Gasteiger partial charge in [-0.2, -0.15) is 0 Å². The Labute approximate surface area is 177 Å². The van der Waals surface area contributed by atoms with Crippen molar-refractivity contribution in [2.45, 2.75) is 18.2 Å². The van der Waals surface area contributed by atoms with E-state index >= 15 is 0 Å². The summed E-state index contributed by atoms with van der Waals surface area (Å²) in [5.41, 5.74) is 3.75. The average molecular weight is 440 g/mol. The van der Waals surface area contributed by atoms with Gasteiger partial charge < -0.3 is 4.90 Å². The second-order valence-corrected chi connectivity index (χ2v) is 10.1. The maximum atomic E-state index is 13.0. The first kappa shape index (κ1) is 19.0. The van der Waals surface area contributed by atoms with Gasteiger partial charge >= 0.3 is 0 Å². The zero-order chi connectivity index (χ0) is 21.0. The summed E-state index contributed by atoms with van der Waals surface area (Å²) in [6.45, 7) is 1.89. The summed E-state index contributed by atoms with van der Waals surface area (Å²) in [5, 5.41) is 2.98. The van der Waals surface area contributed by atoms with Crippen LogP contribution in [-0.2, 0) is 21.2 Å². The predicted molar refractivity (Wildman–Crippen MR) is 113 cm³/mol. The molecule has 0 saturated heterocycles. The number of anilines is 1.